The minimum atomic E-state index is -0.903. The Morgan fingerprint density at radius 1 is 0.609 bits per heavy atom. The van der Waals surface area contributed by atoms with Crippen LogP contribution in [0.5, 0.6) is 0 Å². The third kappa shape index (κ3) is 31.0. The van der Waals surface area contributed by atoms with E-state index in [1.807, 2.05) is 0 Å². The van der Waals surface area contributed by atoms with Crippen LogP contribution in [0.25, 0.3) is 0 Å². The van der Waals surface area contributed by atoms with Gasteiger partial charge in [0.05, 0.1) is 0 Å². The van der Waals surface area contributed by atoms with Crippen LogP contribution in [0.4, 0.5) is 0 Å². The largest absolute Gasteiger partial charge is 2.00 e. The van der Waals surface area contributed by atoms with Crippen LogP contribution < -0.4 is 9.81 Å². The fourth-order valence-electron chi connectivity index (χ4n) is 2.64. The van der Waals surface area contributed by atoms with Gasteiger partial charge in [-0.05, 0) is 12.8 Å². The Bertz CT molecular complexity index is 217. The van der Waals surface area contributed by atoms with Crippen LogP contribution in [0.2, 0.25) is 0 Å². The van der Waals surface area contributed by atoms with Gasteiger partial charge in [0.15, 0.2) is 0 Å². The molecule has 23 heavy (non-hydrogen) atoms. The van der Waals surface area contributed by atoms with Gasteiger partial charge in [-0.15, -0.1) is 0 Å². The molecule has 0 unspecified atom stereocenters. The molecule has 0 fully saturated rings. The molecular weight excluding hydrogens is 398 g/mol. The number of halogens is 1. The maximum Gasteiger partial charge on any atom is 2.00 e. The number of carboxylic acid groups (broad SMARTS) is 1. The van der Waals surface area contributed by atoms with Crippen LogP contribution in [0.1, 0.15) is 110 Å². The summed E-state index contributed by atoms with van der Waals surface area (Å²) in [5, 5.41) is 10.2. The summed E-state index contributed by atoms with van der Waals surface area (Å²) < 4.78 is 0. The first-order valence-electron chi connectivity index (χ1n) is 8.97. The smallest absolute Gasteiger partial charge is 1.00 e. The van der Waals surface area contributed by atoms with Gasteiger partial charge < -0.3 is 14.6 Å². The first-order chi connectivity index (χ1) is 9.77. The van der Waals surface area contributed by atoms with Crippen LogP contribution in [-0.4, -0.2) is 5.97 Å². The molecule has 0 aromatic carbocycles. The predicted octanol–water partition coefficient (Wildman–Crippen LogP) is 2.00. The molecule has 0 spiro atoms. The number of aliphatic carboxylic acids is 1. The Balaban J connectivity index is -0.000000602. The van der Waals surface area contributed by atoms with E-state index >= 15 is 0 Å². The van der Waals surface area contributed by atoms with Crippen LogP contribution in [0.3, 0.4) is 0 Å². The molecule has 0 saturated carbocycles. The molecule has 0 aliphatic rings. The third-order valence-electron chi connectivity index (χ3n) is 3.98. The maximum absolute atomic E-state index is 10.2. The Hall–Kier alpha value is 0.647. The summed E-state index contributed by atoms with van der Waals surface area (Å²) in [7, 11) is 0. The molecular formula is C18H35FO2Zn2+2. The van der Waals surface area contributed by atoms with E-state index in [4.69, 9.17) is 0 Å². The van der Waals surface area contributed by atoms with Crippen molar-refractivity contribution in [2.45, 2.75) is 110 Å². The molecule has 0 N–H and O–H groups in total. The van der Waals surface area contributed by atoms with E-state index in [1.165, 1.54) is 83.5 Å². The SMILES string of the molecule is CCCCCCCCCCCCCCCCCC(=O)[O-].[F-].[Zn+2].[Zn+2]. The first kappa shape index (κ1) is 31.4. The topological polar surface area (TPSA) is 40.1 Å². The number of hydrogen-bond acceptors (Lipinski definition) is 2. The van der Waals surface area contributed by atoms with Gasteiger partial charge in [0.1, 0.15) is 0 Å². The van der Waals surface area contributed by atoms with E-state index in [2.05, 4.69) is 6.92 Å². The molecule has 0 amide bonds. The van der Waals surface area contributed by atoms with Crippen molar-refractivity contribution in [2.24, 2.45) is 0 Å². The number of carboxylic acids is 1. The molecule has 0 aliphatic heterocycles. The van der Waals surface area contributed by atoms with Gasteiger partial charge in [-0.3, -0.25) is 0 Å². The van der Waals surface area contributed by atoms with Gasteiger partial charge in [0.2, 0.25) is 0 Å². The summed E-state index contributed by atoms with van der Waals surface area (Å²) in [6.45, 7) is 2.27. The van der Waals surface area contributed by atoms with E-state index < -0.39 is 5.97 Å². The van der Waals surface area contributed by atoms with Crippen LogP contribution in [-0.2, 0) is 43.8 Å². The normalized spacial score (nSPS) is 9.43. The Labute approximate surface area is 168 Å². The van der Waals surface area contributed by atoms with Crippen LogP contribution in [0.15, 0.2) is 0 Å². The quantitative estimate of drug-likeness (QED) is 0.276. The zero-order valence-electron chi connectivity index (χ0n) is 15.4. The van der Waals surface area contributed by atoms with E-state index in [9.17, 15) is 9.90 Å². The summed E-state index contributed by atoms with van der Waals surface area (Å²) >= 11 is 0. The van der Waals surface area contributed by atoms with Crippen molar-refractivity contribution in [1.29, 1.82) is 0 Å². The Morgan fingerprint density at radius 3 is 1.13 bits per heavy atom. The van der Waals surface area contributed by atoms with Crippen molar-refractivity contribution >= 4 is 5.97 Å². The van der Waals surface area contributed by atoms with E-state index in [-0.39, 0.29) is 50.1 Å². The molecule has 0 aromatic rings. The summed E-state index contributed by atoms with van der Waals surface area (Å²) in [6, 6.07) is 0. The summed E-state index contributed by atoms with van der Waals surface area (Å²) in [4.78, 5) is 10.2. The molecule has 0 radical (unpaired) electrons. The Kier molecular flexibility index (Phi) is 37.6. The van der Waals surface area contributed by atoms with E-state index in [1.54, 1.807) is 0 Å². The zero-order valence-corrected chi connectivity index (χ0v) is 21.4. The van der Waals surface area contributed by atoms with Crippen molar-refractivity contribution in [3.8, 4) is 0 Å². The predicted molar refractivity (Wildman–Crippen MR) is 84.6 cm³/mol. The molecule has 2 nitrogen and oxygen atoms in total. The fourth-order valence-corrected chi connectivity index (χ4v) is 2.64. The number of unbranched alkanes of at least 4 members (excludes halogenated alkanes) is 14. The standard InChI is InChI=1S/C18H36O2.FH.2Zn/c1-2-3-4-5-6-7-8-9-10-11-12-13-14-15-16-17-18(19)20;;;/h2-17H2,1H3,(H,19,20);1H;;/q;;2*+2/p-2. The average molecular weight is 433 g/mol. The van der Waals surface area contributed by atoms with Crippen molar-refractivity contribution in [2.75, 3.05) is 0 Å². The second-order valence-corrected chi connectivity index (χ2v) is 6.07. The molecule has 0 aromatic heterocycles. The van der Waals surface area contributed by atoms with E-state index in [0.29, 0.717) is 0 Å². The molecule has 0 rings (SSSR count). The summed E-state index contributed by atoms with van der Waals surface area (Å²) in [5.74, 6) is -0.903. The molecule has 0 aliphatic carbocycles. The first-order valence-corrected chi connectivity index (χ1v) is 8.97. The van der Waals surface area contributed by atoms with Gasteiger partial charge >= 0.3 is 39.0 Å². The molecule has 0 bridgehead atoms. The molecule has 0 heterocycles. The summed E-state index contributed by atoms with van der Waals surface area (Å²) in [6.07, 6.45) is 19.9. The number of rotatable bonds is 16. The van der Waals surface area contributed by atoms with Gasteiger partial charge in [-0.25, -0.2) is 0 Å². The third-order valence-corrected chi connectivity index (χ3v) is 3.98. The minimum Gasteiger partial charge on any atom is -1.00 e. The average Bonchev–Trinajstić information content (AvgIpc) is 2.43. The minimum absolute atomic E-state index is 0. The monoisotopic (exact) mass is 430 g/mol. The van der Waals surface area contributed by atoms with Gasteiger partial charge in [-0.1, -0.05) is 96.8 Å². The van der Waals surface area contributed by atoms with Crippen molar-refractivity contribution in [3.05, 3.63) is 0 Å². The van der Waals surface area contributed by atoms with Crippen LogP contribution >= 0.6 is 0 Å². The zero-order chi connectivity index (χ0) is 14.9. The molecule has 128 valence electrons. The Morgan fingerprint density at radius 2 is 0.870 bits per heavy atom. The number of hydrogen-bond donors (Lipinski definition) is 0. The second kappa shape index (κ2) is 27.5. The van der Waals surface area contributed by atoms with Crippen molar-refractivity contribution < 1.29 is 53.6 Å². The molecule has 0 saturated heterocycles. The van der Waals surface area contributed by atoms with Crippen molar-refractivity contribution in [1.82, 2.24) is 0 Å². The van der Waals surface area contributed by atoms with E-state index in [0.717, 1.165) is 12.8 Å². The molecule has 0 atom stereocenters. The summed E-state index contributed by atoms with van der Waals surface area (Å²) in [5.41, 5.74) is 0. The van der Waals surface area contributed by atoms with Crippen molar-refractivity contribution in [3.63, 3.8) is 0 Å². The number of carbonyl (C=O) groups excluding carboxylic acids is 1. The molecule has 5 heteroatoms. The van der Waals surface area contributed by atoms with Crippen LogP contribution in [0, 0.1) is 0 Å². The second-order valence-electron chi connectivity index (χ2n) is 6.07. The van der Waals surface area contributed by atoms with Gasteiger partial charge in [0, 0.05) is 5.97 Å². The number of carbonyl (C=O) groups is 1. The van der Waals surface area contributed by atoms with Gasteiger partial charge in [-0.2, -0.15) is 0 Å². The maximum atomic E-state index is 10.2. The fraction of sp³-hybridized carbons (Fsp3) is 0.944. The van der Waals surface area contributed by atoms with Gasteiger partial charge in [0.25, 0.3) is 0 Å².